The molecule has 0 saturated heterocycles. The lowest BCUT2D eigenvalue weighted by atomic mass is 10.1. The molecule has 1 rings (SSSR count). The molecule has 0 fully saturated rings. The van der Waals surface area contributed by atoms with Gasteiger partial charge in [-0.15, -0.1) is 6.58 Å². The Morgan fingerprint density at radius 1 is 1.43 bits per heavy atom. The van der Waals surface area contributed by atoms with Gasteiger partial charge in [-0.2, -0.15) is 0 Å². The second kappa shape index (κ2) is 4.83. The molecule has 14 heavy (non-hydrogen) atoms. The number of hydrogen-bond donors (Lipinski definition) is 2. The average Bonchev–Trinajstić information content (AvgIpc) is 2.18. The Labute approximate surface area is 81.4 Å². The Balaban J connectivity index is 2.89. The van der Waals surface area contributed by atoms with E-state index in [1.807, 2.05) is 0 Å². The van der Waals surface area contributed by atoms with Crippen LogP contribution in [-0.4, -0.2) is 6.04 Å². The van der Waals surface area contributed by atoms with Gasteiger partial charge in [-0.1, -0.05) is 12.1 Å². The topological polar surface area (TPSA) is 38.0 Å². The summed E-state index contributed by atoms with van der Waals surface area (Å²) in [7, 11) is 0. The van der Waals surface area contributed by atoms with Gasteiger partial charge in [0, 0.05) is 11.6 Å². The zero-order chi connectivity index (χ0) is 10.6. The van der Waals surface area contributed by atoms with Gasteiger partial charge < -0.3 is 0 Å². The lowest BCUT2D eigenvalue weighted by molar-refractivity contribution is 0.527. The maximum Gasteiger partial charge on any atom is 0.129 e. The van der Waals surface area contributed by atoms with Gasteiger partial charge >= 0.3 is 0 Å². The van der Waals surface area contributed by atoms with Crippen LogP contribution in [0.25, 0.3) is 0 Å². The number of nitrogens with one attached hydrogen (secondary N) is 1. The molecule has 4 heteroatoms. The second-order valence-electron chi connectivity index (χ2n) is 2.91. The van der Waals surface area contributed by atoms with Crippen molar-refractivity contribution < 1.29 is 8.78 Å². The fraction of sp³-hybridized carbons (Fsp3) is 0.200. The van der Waals surface area contributed by atoms with E-state index in [-0.39, 0.29) is 18.0 Å². The van der Waals surface area contributed by atoms with Gasteiger partial charge in [-0.25, -0.2) is 8.78 Å². The maximum atomic E-state index is 13.1. The fourth-order valence-corrected chi connectivity index (χ4v) is 1.16. The van der Waals surface area contributed by atoms with Crippen molar-refractivity contribution in [1.82, 2.24) is 5.43 Å². The van der Waals surface area contributed by atoms with Crippen LogP contribution in [0, 0.1) is 11.6 Å². The lowest BCUT2D eigenvalue weighted by Crippen LogP contribution is -2.35. The van der Waals surface area contributed by atoms with Crippen molar-refractivity contribution >= 4 is 0 Å². The van der Waals surface area contributed by atoms with Crippen LogP contribution in [0.3, 0.4) is 0 Å². The average molecular weight is 198 g/mol. The summed E-state index contributed by atoms with van der Waals surface area (Å²) in [6.45, 7) is 3.50. The first-order valence-electron chi connectivity index (χ1n) is 4.20. The fourth-order valence-electron chi connectivity index (χ4n) is 1.16. The molecule has 0 aliphatic carbocycles. The largest absolute Gasteiger partial charge is 0.271 e. The number of hydrazine groups is 1. The molecule has 0 radical (unpaired) electrons. The van der Waals surface area contributed by atoms with Crippen molar-refractivity contribution in [2.45, 2.75) is 12.5 Å². The van der Waals surface area contributed by atoms with Crippen LogP contribution < -0.4 is 11.3 Å². The van der Waals surface area contributed by atoms with E-state index in [1.165, 1.54) is 24.3 Å². The molecule has 1 atom stereocenters. The summed E-state index contributed by atoms with van der Waals surface area (Å²) in [5.41, 5.74) is 2.43. The molecule has 0 spiro atoms. The predicted molar refractivity (Wildman–Crippen MR) is 51.4 cm³/mol. The van der Waals surface area contributed by atoms with Crippen molar-refractivity contribution in [2.24, 2.45) is 5.84 Å². The normalized spacial score (nSPS) is 12.5. The van der Waals surface area contributed by atoms with Gasteiger partial charge in [0.25, 0.3) is 0 Å². The molecule has 0 aliphatic rings. The Hall–Kier alpha value is -1.26. The monoisotopic (exact) mass is 198 g/mol. The van der Waals surface area contributed by atoms with Gasteiger partial charge in [-0.05, 0) is 18.6 Å². The highest BCUT2D eigenvalue weighted by atomic mass is 19.1. The number of nitrogens with two attached hydrogens (primary N) is 1. The van der Waals surface area contributed by atoms with Gasteiger partial charge in [0.15, 0.2) is 0 Å². The van der Waals surface area contributed by atoms with E-state index in [1.54, 1.807) is 0 Å². The molecule has 2 nitrogen and oxygen atoms in total. The highest BCUT2D eigenvalue weighted by Crippen LogP contribution is 2.14. The van der Waals surface area contributed by atoms with Crippen molar-refractivity contribution in [1.29, 1.82) is 0 Å². The molecule has 0 aromatic heterocycles. The van der Waals surface area contributed by atoms with Gasteiger partial charge in [-0.3, -0.25) is 11.3 Å². The summed E-state index contributed by atoms with van der Waals surface area (Å²) in [5.74, 6) is 4.04. The first-order valence-corrected chi connectivity index (χ1v) is 4.20. The lowest BCUT2D eigenvalue weighted by Gasteiger charge is -2.11. The molecule has 0 saturated carbocycles. The summed E-state index contributed by atoms with van der Waals surface area (Å²) in [4.78, 5) is 0. The minimum atomic E-state index is -0.563. The third kappa shape index (κ3) is 2.37. The molecule has 76 valence electrons. The first-order chi connectivity index (χ1) is 6.69. The molecular weight excluding hydrogens is 186 g/mol. The Morgan fingerprint density at radius 3 is 2.43 bits per heavy atom. The number of hydrogen-bond acceptors (Lipinski definition) is 2. The summed E-state index contributed by atoms with van der Waals surface area (Å²) >= 11 is 0. The zero-order valence-electron chi connectivity index (χ0n) is 7.63. The minimum Gasteiger partial charge on any atom is -0.271 e. The van der Waals surface area contributed by atoms with Crippen LogP contribution in [0.5, 0.6) is 0 Å². The number of rotatable bonds is 4. The molecular formula is C10H12F2N2. The van der Waals surface area contributed by atoms with Crippen LogP contribution in [-0.2, 0) is 6.42 Å². The molecule has 3 N–H and O–H groups in total. The summed E-state index contributed by atoms with van der Waals surface area (Å²) < 4.78 is 26.3. The Morgan fingerprint density at radius 2 is 2.00 bits per heavy atom. The van der Waals surface area contributed by atoms with Crippen LogP contribution in [0.2, 0.25) is 0 Å². The molecule has 1 aromatic carbocycles. The molecule has 0 heterocycles. The highest BCUT2D eigenvalue weighted by Gasteiger charge is 2.11. The standard InChI is InChI=1S/C10H12F2N2/c1-2-7(14-13)6-8-9(11)4-3-5-10(8)12/h2-5,7,14H,1,6,13H2. The van der Waals surface area contributed by atoms with Crippen molar-refractivity contribution in [2.75, 3.05) is 0 Å². The number of halogens is 2. The van der Waals surface area contributed by atoms with Crippen LogP contribution >= 0.6 is 0 Å². The van der Waals surface area contributed by atoms with E-state index in [0.29, 0.717) is 0 Å². The Bertz CT molecular complexity index is 306. The van der Waals surface area contributed by atoms with Gasteiger partial charge in [0.05, 0.1) is 0 Å². The molecule has 0 amide bonds. The van der Waals surface area contributed by atoms with E-state index in [4.69, 9.17) is 5.84 Å². The van der Waals surface area contributed by atoms with E-state index in [2.05, 4.69) is 12.0 Å². The van der Waals surface area contributed by atoms with Gasteiger partial charge in [0.1, 0.15) is 11.6 Å². The van der Waals surface area contributed by atoms with E-state index < -0.39 is 11.6 Å². The number of benzene rings is 1. The van der Waals surface area contributed by atoms with Crippen molar-refractivity contribution in [3.63, 3.8) is 0 Å². The molecule has 0 aliphatic heterocycles. The van der Waals surface area contributed by atoms with Crippen LogP contribution in [0.1, 0.15) is 5.56 Å². The van der Waals surface area contributed by atoms with Crippen molar-refractivity contribution in [3.05, 3.63) is 48.1 Å². The molecule has 0 bridgehead atoms. The quantitative estimate of drug-likeness (QED) is 0.437. The molecule has 1 aromatic rings. The highest BCUT2D eigenvalue weighted by molar-refractivity contribution is 5.21. The second-order valence-corrected chi connectivity index (χ2v) is 2.91. The van der Waals surface area contributed by atoms with E-state index in [9.17, 15) is 8.78 Å². The van der Waals surface area contributed by atoms with Crippen LogP contribution in [0.4, 0.5) is 8.78 Å². The minimum absolute atomic E-state index is 0.0235. The van der Waals surface area contributed by atoms with E-state index in [0.717, 1.165) is 0 Å². The summed E-state index contributed by atoms with van der Waals surface area (Å²) in [6.07, 6.45) is 1.66. The third-order valence-corrected chi connectivity index (χ3v) is 1.98. The predicted octanol–water partition coefficient (Wildman–Crippen LogP) is 1.53. The molecule has 1 unspecified atom stereocenters. The summed E-state index contributed by atoms with van der Waals surface area (Å²) in [6, 6.07) is 3.43. The van der Waals surface area contributed by atoms with Crippen LogP contribution in [0.15, 0.2) is 30.9 Å². The SMILES string of the molecule is C=CC(Cc1c(F)cccc1F)NN. The Kier molecular flexibility index (Phi) is 3.73. The zero-order valence-corrected chi connectivity index (χ0v) is 7.63. The third-order valence-electron chi connectivity index (χ3n) is 1.98. The van der Waals surface area contributed by atoms with Crippen molar-refractivity contribution in [3.8, 4) is 0 Å². The maximum absolute atomic E-state index is 13.1. The summed E-state index contributed by atoms with van der Waals surface area (Å²) in [5, 5.41) is 0. The smallest absolute Gasteiger partial charge is 0.129 e. The van der Waals surface area contributed by atoms with E-state index >= 15 is 0 Å². The van der Waals surface area contributed by atoms with Gasteiger partial charge in [0.2, 0.25) is 0 Å². The first kappa shape index (κ1) is 10.8.